The average Bonchev–Trinajstić information content (AvgIpc) is 3.33. The standard InChI is InChI=1S/C18H22N2O5S2/c1-24-13-6-4-12(5-7-13)9-20-14-10-27(22,23)11-16(14)26-18(20)19-17(21)15-3-2-8-25-15/h4-7,14-16H,2-3,8-11H2,1H3/t14-,15+,16-/m0/s1. The Labute approximate surface area is 163 Å². The normalized spacial score (nSPS) is 30.6. The van der Waals surface area contributed by atoms with Crippen LogP contribution in [0.2, 0.25) is 0 Å². The highest BCUT2D eigenvalue weighted by Gasteiger charge is 2.48. The number of sulfone groups is 1. The summed E-state index contributed by atoms with van der Waals surface area (Å²) in [4.78, 5) is 18.7. The van der Waals surface area contributed by atoms with E-state index in [1.165, 1.54) is 11.8 Å². The number of carbonyl (C=O) groups is 1. The smallest absolute Gasteiger partial charge is 0.277 e. The molecular weight excluding hydrogens is 388 g/mol. The van der Waals surface area contributed by atoms with E-state index in [4.69, 9.17) is 9.47 Å². The summed E-state index contributed by atoms with van der Waals surface area (Å²) in [6, 6.07) is 7.48. The molecule has 3 fully saturated rings. The predicted molar refractivity (Wildman–Crippen MR) is 104 cm³/mol. The Balaban J connectivity index is 1.58. The summed E-state index contributed by atoms with van der Waals surface area (Å²) in [7, 11) is -1.44. The van der Waals surface area contributed by atoms with Gasteiger partial charge in [-0.1, -0.05) is 23.9 Å². The number of aliphatic imine (C=N–C) groups is 1. The van der Waals surface area contributed by atoms with E-state index in [1.807, 2.05) is 29.2 Å². The molecule has 0 spiro atoms. The highest BCUT2D eigenvalue weighted by Crippen LogP contribution is 2.39. The summed E-state index contributed by atoms with van der Waals surface area (Å²) in [5.41, 5.74) is 1.01. The second-order valence-corrected chi connectivity index (χ2v) is 10.4. The molecule has 4 rings (SSSR count). The fourth-order valence-corrected chi connectivity index (χ4v) is 7.64. The van der Waals surface area contributed by atoms with Crippen molar-refractivity contribution in [1.82, 2.24) is 4.90 Å². The molecule has 9 heteroatoms. The number of benzene rings is 1. The molecule has 7 nitrogen and oxygen atoms in total. The van der Waals surface area contributed by atoms with Crippen molar-refractivity contribution in [2.75, 3.05) is 25.2 Å². The van der Waals surface area contributed by atoms with Gasteiger partial charge in [0.25, 0.3) is 5.91 Å². The Morgan fingerprint density at radius 1 is 1.33 bits per heavy atom. The molecule has 3 saturated heterocycles. The van der Waals surface area contributed by atoms with Gasteiger partial charge in [0.1, 0.15) is 11.9 Å². The summed E-state index contributed by atoms with van der Waals surface area (Å²) >= 11 is 1.40. The molecule has 0 bridgehead atoms. The predicted octanol–water partition coefficient (Wildman–Crippen LogP) is 1.47. The summed E-state index contributed by atoms with van der Waals surface area (Å²) in [5.74, 6) is 0.735. The third-order valence-corrected chi connectivity index (χ3v) is 8.35. The Bertz CT molecular complexity index is 847. The lowest BCUT2D eigenvalue weighted by atomic mass is 10.1. The number of amidine groups is 1. The number of hydrogen-bond donors (Lipinski definition) is 0. The third-order valence-electron chi connectivity index (χ3n) is 5.10. The van der Waals surface area contributed by atoms with Crippen molar-refractivity contribution < 1.29 is 22.7 Å². The molecule has 1 aromatic carbocycles. The number of amides is 1. The van der Waals surface area contributed by atoms with Gasteiger partial charge in [-0.2, -0.15) is 4.99 Å². The second kappa shape index (κ2) is 7.44. The van der Waals surface area contributed by atoms with E-state index in [9.17, 15) is 13.2 Å². The molecule has 3 heterocycles. The first kappa shape index (κ1) is 18.8. The Morgan fingerprint density at radius 2 is 2.11 bits per heavy atom. The molecular formula is C18H22N2O5S2. The van der Waals surface area contributed by atoms with Gasteiger partial charge >= 0.3 is 0 Å². The van der Waals surface area contributed by atoms with Crippen LogP contribution in [0.15, 0.2) is 29.3 Å². The zero-order valence-electron chi connectivity index (χ0n) is 15.0. The van der Waals surface area contributed by atoms with E-state index in [0.717, 1.165) is 17.7 Å². The maximum absolute atomic E-state index is 12.4. The molecule has 0 unspecified atom stereocenters. The van der Waals surface area contributed by atoms with Crippen molar-refractivity contribution in [2.45, 2.75) is 36.8 Å². The summed E-state index contributed by atoms with van der Waals surface area (Å²) in [6.45, 7) is 1.10. The number of nitrogens with zero attached hydrogens (tertiary/aromatic N) is 2. The lowest BCUT2D eigenvalue weighted by Crippen LogP contribution is -2.37. The van der Waals surface area contributed by atoms with E-state index in [1.54, 1.807) is 7.11 Å². The molecule has 1 aromatic rings. The molecule has 3 aliphatic rings. The second-order valence-electron chi connectivity index (χ2n) is 7.01. The molecule has 0 aromatic heterocycles. The van der Waals surface area contributed by atoms with Gasteiger partial charge in [0.05, 0.1) is 24.7 Å². The average molecular weight is 411 g/mol. The van der Waals surface area contributed by atoms with Crippen LogP contribution in [0.4, 0.5) is 0 Å². The van der Waals surface area contributed by atoms with Crippen LogP contribution < -0.4 is 4.74 Å². The van der Waals surface area contributed by atoms with Gasteiger partial charge < -0.3 is 14.4 Å². The van der Waals surface area contributed by atoms with Crippen LogP contribution in [0.1, 0.15) is 18.4 Å². The molecule has 27 heavy (non-hydrogen) atoms. The van der Waals surface area contributed by atoms with Crippen LogP contribution in [0.5, 0.6) is 5.75 Å². The molecule has 0 radical (unpaired) electrons. The van der Waals surface area contributed by atoms with Crippen molar-refractivity contribution in [1.29, 1.82) is 0 Å². The summed E-state index contributed by atoms with van der Waals surface area (Å²) < 4.78 is 34.8. The largest absolute Gasteiger partial charge is 0.497 e. The Hall–Kier alpha value is -1.58. The number of hydrogen-bond acceptors (Lipinski definition) is 6. The Kier molecular flexibility index (Phi) is 5.17. The first-order chi connectivity index (χ1) is 12.9. The summed E-state index contributed by atoms with van der Waals surface area (Å²) in [5, 5.41) is 0.528. The monoisotopic (exact) mass is 410 g/mol. The SMILES string of the molecule is COc1ccc(CN2C(=NC(=O)[C@H]3CCCO3)S[C@H]3CS(=O)(=O)C[C@@H]32)cc1. The van der Waals surface area contributed by atoms with Gasteiger partial charge in [0.2, 0.25) is 0 Å². The van der Waals surface area contributed by atoms with Crippen LogP contribution in [0, 0.1) is 0 Å². The molecule has 0 N–H and O–H groups in total. The van der Waals surface area contributed by atoms with Crippen LogP contribution in [0.3, 0.4) is 0 Å². The van der Waals surface area contributed by atoms with Crippen molar-refractivity contribution in [2.24, 2.45) is 4.99 Å². The third kappa shape index (κ3) is 4.00. The number of carbonyl (C=O) groups excluding carboxylic acids is 1. The van der Waals surface area contributed by atoms with E-state index >= 15 is 0 Å². The van der Waals surface area contributed by atoms with Crippen molar-refractivity contribution in [3.05, 3.63) is 29.8 Å². The highest BCUT2D eigenvalue weighted by molar-refractivity contribution is 8.15. The van der Waals surface area contributed by atoms with E-state index in [0.29, 0.717) is 24.7 Å². The topological polar surface area (TPSA) is 85.3 Å². The van der Waals surface area contributed by atoms with Gasteiger partial charge in [0.15, 0.2) is 15.0 Å². The van der Waals surface area contributed by atoms with Crippen molar-refractivity contribution >= 4 is 32.7 Å². The lowest BCUT2D eigenvalue weighted by molar-refractivity contribution is -0.126. The van der Waals surface area contributed by atoms with Crippen LogP contribution in [-0.2, 0) is 25.9 Å². The number of thioether (sulfide) groups is 1. The van der Waals surface area contributed by atoms with Crippen molar-refractivity contribution in [3.63, 3.8) is 0 Å². The fourth-order valence-electron chi connectivity index (χ4n) is 3.69. The molecule has 3 atom stereocenters. The van der Waals surface area contributed by atoms with E-state index in [2.05, 4.69) is 4.99 Å². The van der Waals surface area contributed by atoms with Crippen LogP contribution >= 0.6 is 11.8 Å². The minimum absolute atomic E-state index is 0.0794. The number of methoxy groups -OCH3 is 1. The lowest BCUT2D eigenvalue weighted by Gasteiger charge is -2.24. The summed E-state index contributed by atoms with van der Waals surface area (Å²) in [6.07, 6.45) is 1.10. The fraction of sp³-hybridized carbons (Fsp3) is 0.556. The van der Waals surface area contributed by atoms with Gasteiger partial charge in [0, 0.05) is 18.4 Å². The van der Waals surface area contributed by atoms with E-state index < -0.39 is 15.9 Å². The number of rotatable bonds is 4. The Morgan fingerprint density at radius 3 is 2.78 bits per heavy atom. The van der Waals surface area contributed by atoms with E-state index in [-0.39, 0.29) is 28.7 Å². The number of fused-ring (bicyclic) bond motifs is 1. The van der Waals surface area contributed by atoms with Gasteiger partial charge in [-0.15, -0.1) is 0 Å². The molecule has 0 saturated carbocycles. The van der Waals surface area contributed by atoms with Gasteiger partial charge in [-0.3, -0.25) is 4.79 Å². The minimum atomic E-state index is -3.06. The highest BCUT2D eigenvalue weighted by atomic mass is 32.2. The first-order valence-corrected chi connectivity index (χ1v) is 11.7. The van der Waals surface area contributed by atoms with Gasteiger partial charge in [-0.25, -0.2) is 8.42 Å². The minimum Gasteiger partial charge on any atom is -0.497 e. The molecule has 0 aliphatic carbocycles. The van der Waals surface area contributed by atoms with Crippen LogP contribution in [-0.4, -0.2) is 67.0 Å². The maximum Gasteiger partial charge on any atom is 0.277 e. The molecule has 146 valence electrons. The molecule has 1 amide bonds. The van der Waals surface area contributed by atoms with Crippen molar-refractivity contribution in [3.8, 4) is 5.75 Å². The maximum atomic E-state index is 12.4. The molecule has 3 aliphatic heterocycles. The van der Waals surface area contributed by atoms with Crippen LogP contribution in [0.25, 0.3) is 0 Å². The first-order valence-electron chi connectivity index (χ1n) is 8.96. The quantitative estimate of drug-likeness (QED) is 0.743. The number of ether oxygens (including phenoxy) is 2. The van der Waals surface area contributed by atoms with Gasteiger partial charge in [-0.05, 0) is 30.5 Å². The zero-order valence-corrected chi connectivity index (χ0v) is 16.7. The zero-order chi connectivity index (χ0) is 19.0.